The van der Waals surface area contributed by atoms with E-state index in [-0.39, 0.29) is 37.1 Å². The molecule has 2 aromatic heterocycles. The van der Waals surface area contributed by atoms with E-state index < -0.39 is 0 Å². The van der Waals surface area contributed by atoms with Crippen molar-refractivity contribution in [3.05, 3.63) is 6.33 Å². The lowest BCUT2D eigenvalue weighted by Crippen LogP contribution is -2.42. The van der Waals surface area contributed by atoms with E-state index in [2.05, 4.69) is 15.0 Å². The molecule has 2 aromatic rings. The number of imidazole rings is 1. The summed E-state index contributed by atoms with van der Waals surface area (Å²) in [4.78, 5) is 12.7. The Labute approximate surface area is 121 Å². The molecule has 0 amide bonds. The second kappa shape index (κ2) is 5.45. The molecule has 8 heteroatoms. The molecular formula is C13H18N4O4. The average molecular weight is 294 g/mol. The van der Waals surface area contributed by atoms with Gasteiger partial charge in [0, 0.05) is 25.2 Å². The summed E-state index contributed by atoms with van der Waals surface area (Å²) in [6, 6.07) is 0.265. The number of fused-ring (bicyclic) bond motifs is 1. The number of ether oxygens (including phenoxy) is 2. The van der Waals surface area contributed by atoms with Gasteiger partial charge in [-0.25, -0.2) is 4.98 Å². The quantitative estimate of drug-likeness (QED) is 0.800. The summed E-state index contributed by atoms with van der Waals surface area (Å²) in [5, 5.41) is 18.8. The van der Waals surface area contributed by atoms with E-state index in [1.165, 1.54) is 14.2 Å². The van der Waals surface area contributed by atoms with Gasteiger partial charge in [-0.15, -0.1) is 0 Å². The number of aliphatic hydroxyl groups excluding tert-OH is 2. The molecule has 21 heavy (non-hydrogen) atoms. The van der Waals surface area contributed by atoms with Gasteiger partial charge in [0.05, 0.1) is 20.5 Å². The van der Waals surface area contributed by atoms with E-state index in [4.69, 9.17) is 9.47 Å². The Morgan fingerprint density at radius 3 is 2.67 bits per heavy atom. The molecular weight excluding hydrogens is 276 g/mol. The minimum Gasteiger partial charge on any atom is -0.479 e. The van der Waals surface area contributed by atoms with Crippen molar-refractivity contribution in [2.24, 2.45) is 11.8 Å². The second-order valence-corrected chi connectivity index (χ2v) is 5.14. The molecule has 1 aliphatic rings. The van der Waals surface area contributed by atoms with Gasteiger partial charge >= 0.3 is 6.01 Å². The number of hydrogen-bond acceptors (Lipinski definition) is 7. The number of rotatable bonds is 5. The molecule has 3 atom stereocenters. The van der Waals surface area contributed by atoms with Crippen LogP contribution in [0, 0.1) is 11.8 Å². The van der Waals surface area contributed by atoms with E-state index in [0.29, 0.717) is 17.0 Å². The van der Waals surface area contributed by atoms with Crippen molar-refractivity contribution in [3.8, 4) is 11.9 Å². The standard InChI is InChI=1S/C13H18N4O4/c1-20-12-10-11(15-13(16-12)21-2)17(6-14-10)9-3-7(4-18)8(9)5-19/h6-9,18-19H,3-5H2,1-2H3/t7-,8-,9-/m1/s1. The Kier molecular flexibility index (Phi) is 3.64. The van der Waals surface area contributed by atoms with Gasteiger partial charge in [-0.05, 0) is 12.3 Å². The highest BCUT2D eigenvalue weighted by atomic mass is 16.5. The number of nitrogens with zero attached hydrogens (tertiary/aromatic N) is 4. The molecule has 2 heterocycles. The van der Waals surface area contributed by atoms with Crippen LogP contribution in [0.1, 0.15) is 12.5 Å². The molecule has 0 saturated heterocycles. The van der Waals surface area contributed by atoms with Crippen LogP contribution >= 0.6 is 0 Å². The maximum Gasteiger partial charge on any atom is 0.321 e. The van der Waals surface area contributed by atoms with Crippen molar-refractivity contribution in [2.75, 3.05) is 27.4 Å². The lowest BCUT2D eigenvalue weighted by atomic mass is 9.70. The summed E-state index contributed by atoms with van der Waals surface area (Å²) in [6.45, 7) is 0.102. The Morgan fingerprint density at radius 1 is 1.24 bits per heavy atom. The summed E-state index contributed by atoms with van der Waals surface area (Å²) in [5.41, 5.74) is 1.17. The number of aliphatic hydroxyl groups is 2. The van der Waals surface area contributed by atoms with E-state index >= 15 is 0 Å². The second-order valence-electron chi connectivity index (χ2n) is 5.14. The van der Waals surface area contributed by atoms with Crippen LogP contribution in [-0.2, 0) is 0 Å². The molecule has 0 radical (unpaired) electrons. The van der Waals surface area contributed by atoms with Crippen LogP contribution in [0.3, 0.4) is 0 Å². The van der Waals surface area contributed by atoms with Gasteiger partial charge in [0.25, 0.3) is 0 Å². The SMILES string of the molecule is COc1nc(OC)c2ncn([C@@H]3C[C@H](CO)[C@H]3CO)c2n1. The fourth-order valence-corrected chi connectivity index (χ4v) is 2.93. The molecule has 114 valence electrons. The predicted octanol–water partition coefficient (Wildman–Crippen LogP) is 0.00530. The Bertz CT molecular complexity index is 644. The van der Waals surface area contributed by atoms with Crippen LogP contribution in [0.5, 0.6) is 11.9 Å². The van der Waals surface area contributed by atoms with Crippen molar-refractivity contribution >= 4 is 11.2 Å². The fourth-order valence-electron chi connectivity index (χ4n) is 2.93. The molecule has 0 bridgehead atoms. The topological polar surface area (TPSA) is 103 Å². The average Bonchev–Trinajstić information content (AvgIpc) is 2.90. The predicted molar refractivity (Wildman–Crippen MR) is 73.2 cm³/mol. The summed E-state index contributed by atoms with van der Waals surface area (Å²) < 4.78 is 12.2. The van der Waals surface area contributed by atoms with Gasteiger partial charge in [0.15, 0.2) is 11.2 Å². The lowest BCUT2D eigenvalue weighted by molar-refractivity contribution is -0.00531. The van der Waals surface area contributed by atoms with Crippen LogP contribution < -0.4 is 9.47 Å². The number of methoxy groups -OCH3 is 2. The summed E-state index contributed by atoms with van der Waals surface area (Å²) >= 11 is 0. The first-order valence-corrected chi connectivity index (χ1v) is 6.77. The van der Waals surface area contributed by atoms with Crippen molar-refractivity contribution in [1.82, 2.24) is 19.5 Å². The smallest absolute Gasteiger partial charge is 0.321 e. The van der Waals surface area contributed by atoms with Crippen LogP contribution in [0.4, 0.5) is 0 Å². The highest BCUT2D eigenvalue weighted by molar-refractivity contribution is 5.76. The summed E-state index contributed by atoms with van der Waals surface area (Å²) in [5.74, 6) is 0.469. The first-order chi connectivity index (χ1) is 10.2. The largest absolute Gasteiger partial charge is 0.479 e. The highest BCUT2D eigenvalue weighted by Crippen LogP contribution is 2.44. The highest BCUT2D eigenvalue weighted by Gasteiger charge is 2.42. The molecule has 0 unspecified atom stereocenters. The van der Waals surface area contributed by atoms with Gasteiger partial charge in [-0.2, -0.15) is 9.97 Å². The molecule has 1 saturated carbocycles. The van der Waals surface area contributed by atoms with E-state index in [0.717, 1.165) is 6.42 Å². The number of aromatic nitrogens is 4. The first kappa shape index (κ1) is 14.0. The Hall–Kier alpha value is -1.93. The molecule has 8 nitrogen and oxygen atoms in total. The minimum atomic E-state index is -0.000597. The zero-order valence-corrected chi connectivity index (χ0v) is 11.9. The lowest BCUT2D eigenvalue weighted by Gasteiger charge is -2.43. The fraction of sp³-hybridized carbons (Fsp3) is 0.615. The Balaban J connectivity index is 2.04. The third-order valence-electron chi connectivity index (χ3n) is 4.19. The van der Waals surface area contributed by atoms with Crippen molar-refractivity contribution in [3.63, 3.8) is 0 Å². The maximum atomic E-state index is 9.50. The molecule has 2 N–H and O–H groups in total. The molecule has 1 fully saturated rings. The van der Waals surface area contributed by atoms with Crippen molar-refractivity contribution < 1.29 is 19.7 Å². The van der Waals surface area contributed by atoms with Crippen molar-refractivity contribution in [1.29, 1.82) is 0 Å². The Morgan fingerprint density at radius 2 is 2.05 bits per heavy atom. The zero-order chi connectivity index (χ0) is 15.0. The maximum absolute atomic E-state index is 9.50. The molecule has 1 aliphatic carbocycles. The minimum absolute atomic E-state index is 0.000597. The third-order valence-corrected chi connectivity index (χ3v) is 4.19. The van der Waals surface area contributed by atoms with E-state index in [1.807, 2.05) is 4.57 Å². The van der Waals surface area contributed by atoms with Gasteiger partial charge in [-0.1, -0.05) is 0 Å². The van der Waals surface area contributed by atoms with E-state index in [9.17, 15) is 10.2 Å². The molecule has 0 aromatic carbocycles. The zero-order valence-electron chi connectivity index (χ0n) is 11.9. The van der Waals surface area contributed by atoms with Gasteiger partial charge < -0.3 is 24.3 Å². The van der Waals surface area contributed by atoms with Crippen LogP contribution in [0.25, 0.3) is 11.2 Å². The summed E-state index contributed by atoms with van der Waals surface area (Å²) in [6.07, 6.45) is 2.45. The molecule has 0 spiro atoms. The van der Waals surface area contributed by atoms with E-state index in [1.54, 1.807) is 6.33 Å². The monoisotopic (exact) mass is 294 g/mol. The van der Waals surface area contributed by atoms with Crippen molar-refractivity contribution in [2.45, 2.75) is 12.5 Å². The van der Waals surface area contributed by atoms with Crippen LogP contribution in [0.15, 0.2) is 6.33 Å². The normalized spacial score (nSPS) is 24.9. The third kappa shape index (κ3) is 2.11. The number of hydrogen-bond donors (Lipinski definition) is 2. The van der Waals surface area contributed by atoms with Gasteiger partial charge in [0.2, 0.25) is 5.88 Å². The summed E-state index contributed by atoms with van der Waals surface area (Å²) in [7, 11) is 3.00. The van der Waals surface area contributed by atoms with Gasteiger partial charge in [-0.3, -0.25) is 0 Å². The van der Waals surface area contributed by atoms with Gasteiger partial charge in [0.1, 0.15) is 0 Å². The van der Waals surface area contributed by atoms with Crippen LogP contribution in [0.2, 0.25) is 0 Å². The molecule has 0 aliphatic heterocycles. The first-order valence-electron chi connectivity index (χ1n) is 6.77. The van der Waals surface area contributed by atoms with Crippen LogP contribution in [-0.4, -0.2) is 57.2 Å². The molecule has 3 rings (SSSR count).